The summed E-state index contributed by atoms with van der Waals surface area (Å²) in [7, 11) is -3.95. The number of carboxylic acids is 1. The zero-order valence-electron chi connectivity index (χ0n) is 11.7. The van der Waals surface area contributed by atoms with Crippen LogP contribution in [0.2, 0.25) is 0 Å². The van der Waals surface area contributed by atoms with Gasteiger partial charge in [0.05, 0.1) is 15.4 Å². The molecule has 0 amide bonds. The first-order chi connectivity index (χ1) is 10.8. The Balaban J connectivity index is 2.34. The lowest BCUT2D eigenvalue weighted by Crippen LogP contribution is -2.29. The molecule has 120 valence electrons. The van der Waals surface area contributed by atoms with Gasteiger partial charge >= 0.3 is 5.97 Å². The number of para-hydroxylation sites is 1. The average molecular weight is 336 g/mol. The van der Waals surface area contributed by atoms with Crippen LogP contribution in [-0.4, -0.2) is 31.0 Å². The number of aliphatic carboxylic acids is 1. The second-order valence-corrected chi connectivity index (χ2v) is 6.28. The number of rotatable bonds is 6. The highest BCUT2D eigenvalue weighted by Crippen LogP contribution is 2.29. The van der Waals surface area contributed by atoms with Crippen LogP contribution in [0.1, 0.15) is 0 Å². The van der Waals surface area contributed by atoms with Crippen molar-refractivity contribution in [1.82, 2.24) is 4.72 Å². The molecule has 8 nitrogen and oxygen atoms in total. The normalized spacial score (nSPS) is 11.1. The molecule has 0 aliphatic carbocycles. The van der Waals surface area contributed by atoms with Gasteiger partial charge in [0.1, 0.15) is 6.54 Å². The van der Waals surface area contributed by atoms with Crippen LogP contribution in [0, 0.1) is 10.1 Å². The standard InChI is InChI=1S/C14H12N2O6S/c17-14(18)9-15-23(21,22)11-7-5-10(6-8-11)12-3-1-2-4-13(12)16(19)20/h1-8,15H,9H2,(H,17,18). The number of nitrogens with one attached hydrogen (secondary N) is 1. The molecule has 0 spiro atoms. The molecule has 0 unspecified atom stereocenters. The summed E-state index contributed by atoms with van der Waals surface area (Å²) in [5.74, 6) is -1.30. The monoisotopic (exact) mass is 336 g/mol. The fourth-order valence-corrected chi connectivity index (χ4v) is 2.91. The average Bonchev–Trinajstić information content (AvgIpc) is 2.53. The van der Waals surface area contributed by atoms with Crippen molar-refractivity contribution >= 4 is 21.7 Å². The van der Waals surface area contributed by atoms with Crippen LogP contribution < -0.4 is 4.72 Å². The maximum absolute atomic E-state index is 11.9. The minimum absolute atomic E-state index is 0.0906. The van der Waals surface area contributed by atoms with E-state index in [1.165, 1.54) is 36.4 Å². The molecule has 0 fully saturated rings. The van der Waals surface area contributed by atoms with Gasteiger partial charge in [0, 0.05) is 6.07 Å². The van der Waals surface area contributed by atoms with Gasteiger partial charge in [0.2, 0.25) is 10.0 Å². The van der Waals surface area contributed by atoms with Gasteiger partial charge in [-0.15, -0.1) is 0 Å². The lowest BCUT2D eigenvalue weighted by Gasteiger charge is -2.07. The molecule has 0 aromatic heterocycles. The summed E-state index contributed by atoms with van der Waals surface area (Å²) in [6.45, 7) is -0.728. The molecule has 0 heterocycles. The topological polar surface area (TPSA) is 127 Å². The summed E-state index contributed by atoms with van der Waals surface area (Å²) < 4.78 is 25.7. The van der Waals surface area contributed by atoms with E-state index in [4.69, 9.17) is 5.11 Å². The zero-order chi connectivity index (χ0) is 17.0. The van der Waals surface area contributed by atoms with Crippen molar-refractivity contribution in [3.8, 4) is 11.1 Å². The fourth-order valence-electron chi connectivity index (χ4n) is 1.93. The van der Waals surface area contributed by atoms with Crippen molar-refractivity contribution in [3.63, 3.8) is 0 Å². The third kappa shape index (κ3) is 3.90. The second-order valence-electron chi connectivity index (χ2n) is 4.52. The predicted molar refractivity (Wildman–Crippen MR) is 81.4 cm³/mol. The van der Waals surface area contributed by atoms with E-state index in [1.807, 2.05) is 4.72 Å². The van der Waals surface area contributed by atoms with Crippen LogP contribution in [0.25, 0.3) is 11.1 Å². The zero-order valence-corrected chi connectivity index (χ0v) is 12.5. The summed E-state index contributed by atoms with van der Waals surface area (Å²) in [6, 6.07) is 11.5. The molecule has 2 rings (SSSR count). The van der Waals surface area contributed by atoms with E-state index in [0.717, 1.165) is 0 Å². The summed E-state index contributed by atoms with van der Waals surface area (Å²) >= 11 is 0. The van der Waals surface area contributed by atoms with Crippen LogP contribution >= 0.6 is 0 Å². The van der Waals surface area contributed by atoms with E-state index in [2.05, 4.69) is 0 Å². The van der Waals surface area contributed by atoms with Crippen molar-refractivity contribution in [3.05, 3.63) is 58.6 Å². The summed E-state index contributed by atoms with van der Waals surface area (Å²) in [4.78, 5) is 20.8. The SMILES string of the molecule is O=C(O)CNS(=O)(=O)c1ccc(-c2ccccc2[N+](=O)[O-])cc1. The number of benzene rings is 2. The predicted octanol–water partition coefficient (Wildman–Crippen LogP) is 1.62. The Morgan fingerprint density at radius 2 is 1.74 bits per heavy atom. The molecular formula is C14H12N2O6S. The molecule has 0 saturated heterocycles. The van der Waals surface area contributed by atoms with Crippen molar-refractivity contribution in [2.24, 2.45) is 0 Å². The number of nitro groups is 1. The summed E-state index contributed by atoms with van der Waals surface area (Å²) in [5, 5.41) is 19.5. The lowest BCUT2D eigenvalue weighted by atomic mass is 10.0. The number of nitrogens with zero attached hydrogens (tertiary/aromatic N) is 1. The van der Waals surface area contributed by atoms with Gasteiger partial charge in [-0.25, -0.2) is 8.42 Å². The number of nitro benzene ring substituents is 1. The molecular weight excluding hydrogens is 324 g/mol. The van der Waals surface area contributed by atoms with Gasteiger partial charge in [-0.05, 0) is 23.8 Å². The molecule has 9 heteroatoms. The molecule has 23 heavy (non-hydrogen) atoms. The Labute approximate surface area is 131 Å². The molecule has 0 radical (unpaired) electrons. The van der Waals surface area contributed by atoms with E-state index >= 15 is 0 Å². The molecule has 2 aromatic rings. The Kier molecular flexibility index (Phi) is 4.72. The van der Waals surface area contributed by atoms with Gasteiger partial charge in [0.25, 0.3) is 5.69 Å². The highest BCUT2D eigenvalue weighted by Gasteiger charge is 2.17. The Hall–Kier alpha value is -2.78. The quantitative estimate of drug-likeness (QED) is 0.609. The molecule has 0 aliphatic rings. The third-order valence-electron chi connectivity index (χ3n) is 2.99. The number of hydrogen-bond donors (Lipinski definition) is 2. The van der Waals surface area contributed by atoms with E-state index < -0.39 is 27.5 Å². The summed E-state index contributed by atoms with van der Waals surface area (Å²) in [5.41, 5.74) is 0.751. The first kappa shape index (κ1) is 16.6. The lowest BCUT2D eigenvalue weighted by molar-refractivity contribution is -0.384. The molecule has 0 bridgehead atoms. The largest absolute Gasteiger partial charge is 0.480 e. The number of carboxylic acid groups (broad SMARTS) is 1. The van der Waals surface area contributed by atoms with E-state index in [9.17, 15) is 23.3 Å². The van der Waals surface area contributed by atoms with Crippen molar-refractivity contribution in [2.75, 3.05) is 6.54 Å². The minimum Gasteiger partial charge on any atom is -0.480 e. The Morgan fingerprint density at radius 1 is 1.13 bits per heavy atom. The molecule has 2 aromatic carbocycles. The van der Waals surface area contributed by atoms with Crippen molar-refractivity contribution in [2.45, 2.75) is 4.90 Å². The Bertz CT molecular complexity index is 846. The highest BCUT2D eigenvalue weighted by atomic mass is 32.2. The Morgan fingerprint density at radius 3 is 2.30 bits per heavy atom. The van der Waals surface area contributed by atoms with Crippen LogP contribution in [0.4, 0.5) is 5.69 Å². The van der Waals surface area contributed by atoms with Gasteiger partial charge in [0.15, 0.2) is 0 Å². The highest BCUT2D eigenvalue weighted by molar-refractivity contribution is 7.89. The molecule has 0 aliphatic heterocycles. The van der Waals surface area contributed by atoms with Crippen LogP contribution in [0.5, 0.6) is 0 Å². The summed E-state index contributed by atoms with van der Waals surface area (Å²) in [6.07, 6.45) is 0. The first-order valence-corrected chi connectivity index (χ1v) is 7.85. The maximum Gasteiger partial charge on any atom is 0.318 e. The van der Waals surface area contributed by atoms with Gasteiger partial charge in [-0.2, -0.15) is 4.72 Å². The van der Waals surface area contributed by atoms with Crippen LogP contribution in [0.15, 0.2) is 53.4 Å². The molecule has 0 saturated carbocycles. The third-order valence-corrected chi connectivity index (χ3v) is 4.41. The van der Waals surface area contributed by atoms with E-state index in [1.54, 1.807) is 12.1 Å². The molecule has 0 atom stereocenters. The number of hydrogen-bond acceptors (Lipinski definition) is 5. The van der Waals surface area contributed by atoms with Crippen LogP contribution in [0.3, 0.4) is 0 Å². The second kappa shape index (κ2) is 6.55. The maximum atomic E-state index is 11.9. The smallest absolute Gasteiger partial charge is 0.318 e. The van der Waals surface area contributed by atoms with Gasteiger partial charge in [-0.1, -0.05) is 24.3 Å². The van der Waals surface area contributed by atoms with Gasteiger partial charge in [-0.3, -0.25) is 14.9 Å². The van der Waals surface area contributed by atoms with E-state index in [-0.39, 0.29) is 10.6 Å². The minimum atomic E-state index is -3.95. The fraction of sp³-hybridized carbons (Fsp3) is 0.0714. The van der Waals surface area contributed by atoms with E-state index in [0.29, 0.717) is 11.1 Å². The first-order valence-electron chi connectivity index (χ1n) is 6.36. The van der Waals surface area contributed by atoms with Crippen LogP contribution in [-0.2, 0) is 14.8 Å². The van der Waals surface area contributed by atoms with Gasteiger partial charge < -0.3 is 5.11 Å². The van der Waals surface area contributed by atoms with Crippen molar-refractivity contribution in [1.29, 1.82) is 0 Å². The molecule has 2 N–H and O–H groups in total. The van der Waals surface area contributed by atoms with Crippen molar-refractivity contribution < 1.29 is 23.2 Å². The number of sulfonamides is 1. The number of carbonyl (C=O) groups is 1.